The van der Waals surface area contributed by atoms with E-state index in [0.717, 1.165) is 64.1 Å². The van der Waals surface area contributed by atoms with E-state index in [1.54, 1.807) is 7.11 Å². The van der Waals surface area contributed by atoms with E-state index in [4.69, 9.17) is 9.47 Å². The summed E-state index contributed by atoms with van der Waals surface area (Å²) >= 11 is 0. The van der Waals surface area contributed by atoms with Gasteiger partial charge in [0.1, 0.15) is 5.75 Å². The zero-order chi connectivity index (χ0) is 17.5. The van der Waals surface area contributed by atoms with E-state index in [1.807, 2.05) is 19.2 Å². The van der Waals surface area contributed by atoms with Crippen molar-refractivity contribution in [3.8, 4) is 5.75 Å². The van der Waals surface area contributed by atoms with Gasteiger partial charge in [0.2, 0.25) is 0 Å². The fourth-order valence-corrected chi connectivity index (χ4v) is 3.73. The van der Waals surface area contributed by atoms with Crippen LogP contribution in [0, 0.1) is 0 Å². The Hall–Kier alpha value is -1.79. The smallest absolute Gasteiger partial charge is 0.193 e. The Morgan fingerprint density at radius 3 is 2.84 bits per heavy atom. The zero-order valence-electron chi connectivity index (χ0n) is 15.4. The second kappa shape index (κ2) is 9.06. The summed E-state index contributed by atoms with van der Waals surface area (Å²) in [6.45, 7) is 6.80. The average Bonchev–Trinajstić information content (AvgIpc) is 3.16. The van der Waals surface area contributed by atoms with Crippen LogP contribution in [0.2, 0.25) is 0 Å². The summed E-state index contributed by atoms with van der Waals surface area (Å²) in [6.07, 6.45) is 2.12. The van der Waals surface area contributed by atoms with Gasteiger partial charge in [0, 0.05) is 45.8 Å². The topological polar surface area (TPSA) is 49.3 Å². The van der Waals surface area contributed by atoms with Crippen molar-refractivity contribution in [2.75, 3.05) is 60.1 Å². The number of para-hydroxylation sites is 1. The van der Waals surface area contributed by atoms with Gasteiger partial charge < -0.3 is 19.7 Å². The van der Waals surface area contributed by atoms with Crippen molar-refractivity contribution in [2.45, 2.75) is 18.9 Å². The van der Waals surface area contributed by atoms with Crippen LogP contribution in [0.25, 0.3) is 0 Å². The number of rotatable bonds is 5. The number of nitrogens with zero attached hydrogens (tertiary/aromatic N) is 3. The molecule has 6 heteroatoms. The molecule has 0 aromatic heterocycles. The first kappa shape index (κ1) is 18.0. The van der Waals surface area contributed by atoms with Crippen molar-refractivity contribution < 1.29 is 9.47 Å². The number of methoxy groups -OCH3 is 1. The molecular formula is C19H30N4O2. The van der Waals surface area contributed by atoms with Gasteiger partial charge in [0.15, 0.2) is 5.96 Å². The SMILES string of the molecule is CN=C(NCCc1ccccc1OC)N1CCC(N2CCOCC2)C1. The maximum absolute atomic E-state index is 5.47. The quantitative estimate of drug-likeness (QED) is 0.642. The minimum Gasteiger partial charge on any atom is -0.496 e. The fourth-order valence-electron chi connectivity index (χ4n) is 3.73. The average molecular weight is 346 g/mol. The van der Waals surface area contributed by atoms with E-state index in [0.29, 0.717) is 6.04 Å². The summed E-state index contributed by atoms with van der Waals surface area (Å²) in [6, 6.07) is 8.81. The number of hydrogen-bond donors (Lipinski definition) is 1. The van der Waals surface area contributed by atoms with Crippen molar-refractivity contribution >= 4 is 5.96 Å². The molecule has 2 heterocycles. The molecule has 0 spiro atoms. The molecule has 0 aliphatic carbocycles. The molecule has 2 aliphatic heterocycles. The first-order valence-electron chi connectivity index (χ1n) is 9.21. The molecule has 138 valence electrons. The predicted molar refractivity (Wildman–Crippen MR) is 100 cm³/mol. The molecule has 1 unspecified atom stereocenters. The number of aliphatic imine (C=N–C) groups is 1. The molecule has 0 saturated carbocycles. The highest BCUT2D eigenvalue weighted by atomic mass is 16.5. The standard InChI is InChI=1S/C19H30N4O2/c1-20-19(21-9-7-16-5-3-4-6-18(16)24-2)23-10-8-17(15-23)22-11-13-25-14-12-22/h3-6,17H,7-15H2,1-2H3,(H,20,21). The third-order valence-corrected chi connectivity index (χ3v) is 5.11. The minimum atomic E-state index is 0.622. The van der Waals surface area contributed by atoms with Crippen LogP contribution in [-0.2, 0) is 11.2 Å². The number of hydrogen-bond acceptors (Lipinski definition) is 4. The molecule has 2 saturated heterocycles. The molecule has 2 fully saturated rings. The van der Waals surface area contributed by atoms with Gasteiger partial charge in [-0.2, -0.15) is 0 Å². The highest BCUT2D eigenvalue weighted by molar-refractivity contribution is 5.80. The zero-order valence-corrected chi connectivity index (χ0v) is 15.4. The lowest BCUT2D eigenvalue weighted by molar-refractivity contribution is 0.0195. The van der Waals surface area contributed by atoms with E-state index in [9.17, 15) is 0 Å². The number of guanidine groups is 1. The second-order valence-corrected chi connectivity index (χ2v) is 6.57. The van der Waals surface area contributed by atoms with Gasteiger partial charge in [-0.3, -0.25) is 9.89 Å². The normalized spacial score (nSPS) is 22.2. The molecule has 6 nitrogen and oxygen atoms in total. The van der Waals surface area contributed by atoms with Crippen LogP contribution in [0.1, 0.15) is 12.0 Å². The van der Waals surface area contributed by atoms with Gasteiger partial charge in [0.25, 0.3) is 0 Å². The van der Waals surface area contributed by atoms with Crippen molar-refractivity contribution in [2.24, 2.45) is 4.99 Å². The van der Waals surface area contributed by atoms with E-state index in [2.05, 4.69) is 32.2 Å². The molecule has 0 bridgehead atoms. The monoisotopic (exact) mass is 346 g/mol. The van der Waals surface area contributed by atoms with Crippen molar-refractivity contribution in [3.05, 3.63) is 29.8 Å². The van der Waals surface area contributed by atoms with Gasteiger partial charge in [0.05, 0.1) is 20.3 Å². The van der Waals surface area contributed by atoms with Crippen LogP contribution in [0.15, 0.2) is 29.3 Å². The number of morpholine rings is 1. The lowest BCUT2D eigenvalue weighted by atomic mass is 10.1. The van der Waals surface area contributed by atoms with E-state index < -0.39 is 0 Å². The number of ether oxygens (including phenoxy) is 2. The molecule has 1 aromatic rings. The molecule has 1 N–H and O–H groups in total. The lowest BCUT2D eigenvalue weighted by Gasteiger charge is -2.32. The van der Waals surface area contributed by atoms with Crippen molar-refractivity contribution in [3.63, 3.8) is 0 Å². The number of likely N-dealkylation sites (tertiary alicyclic amines) is 1. The van der Waals surface area contributed by atoms with Gasteiger partial charge in [-0.1, -0.05) is 18.2 Å². The summed E-state index contributed by atoms with van der Waals surface area (Å²) in [5.74, 6) is 1.96. The van der Waals surface area contributed by atoms with Crippen LogP contribution >= 0.6 is 0 Å². The van der Waals surface area contributed by atoms with Crippen LogP contribution in [-0.4, -0.2) is 81.9 Å². The van der Waals surface area contributed by atoms with E-state index in [-0.39, 0.29) is 0 Å². The van der Waals surface area contributed by atoms with Gasteiger partial charge >= 0.3 is 0 Å². The molecule has 2 aliphatic rings. The molecule has 1 aromatic carbocycles. The second-order valence-electron chi connectivity index (χ2n) is 6.57. The minimum absolute atomic E-state index is 0.622. The van der Waals surface area contributed by atoms with Gasteiger partial charge in [-0.05, 0) is 24.5 Å². The highest BCUT2D eigenvalue weighted by Gasteiger charge is 2.30. The van der Waals surface area contributed by atoms with Crippen LogP contribution in [0.5, 0.6) is 5.75 Å². The maximum atomic E-state index is 5.47. The fraction of sp³-hybridized carbons (Fsp3) is 0.632. The van der Waals surface area contributed by atoms with E-state index in [1.165, 1.54) is 12.0 Å². The molecular weight excluding hydrogens is 316 g/mol. The first-order chi connectivity index (χ1) is 12.3. The van der Waals surface area contributed by atoms with Crippen LogP contribution < -0.4 is 10.1 Å². The summed E-state index contributed by atoms with van der Waals surface area (Å²) in [4.78, 5) is 9.42. The molecule has 3 rings (SSSR count). The first-order valence-corrected chi connectivity index (χ1v) is 9.21. The molecule has 25 heavy (non-hydrogen) atoms. The molecule has 1 atom stereocenters. The van der Waals surface area contributed by atoms with E-state index >= 15 is 0 Å². The Morgan fingerprint density at radius 2 is 2.08 bits per heavy atom. The highest BCUT2D eigenvalue weighted by Crippen LogP contribution is 2.18. The van der Waals surface area contributed by atoms with Crippen LogP contribution in [0.4, 0.5) is 0 Å². The Kier molecular flexibility index (Phi) is 6.53. The maximum Gasteiger partial charge on any atom is 0.193 e. The summed E-state index contributed by atoms with van der Waals surface area (Å²) < 4.78 is 10.9. The third-order valence-electron chi connectivity index (χ3n) is 5.11. The number of benzene rings is 1. The van der Waals surface area contributed by atoms with Crippen molar-refractivity contribution in [1.82, 2.24) is 15.1 Å². The Morgan fingerprint density at radius 1 is 1.28 bits per heavy atom. The predicted octanol–water partition coefficient (Wildman–Crippen LogP) is 1.22. The van der Waals surface area contributed by atoms with Gasteiger partial charge in [-0.15, -0.1) is 0 Å². The summed E-state index contributed by atoms with van der Waals surface area (Å²) in [7, 11) is 3.59. The van der Waals surface area contributed by atoms with Crippen molar-refractivity contribution in [1.29, 1.82) is 0 Å². The molecule has 0 radical (unpaired) electrons. The Labute approximate surface area is 150 Å². The third kappa shape index (κ3) is 4.64. The number of nitrogens with one attached hydrogen (secondary N) is 1. The Bertz CT molecular complexity index is 572. The summed E-state index contributed by atoms with van der Waals surface area (Å²) in [5.41, 5.74) is 1.22. The largest absolute Gasteiger partial charge is 0.496 e. The molecule has 0 amide bonds. The lowest BCUT2D eigenvalue weighted by Crippen LogP contribution is -2.46. The van der Waals surface area contributed by atoms with Crippen LogP contribution in [0.3, 0.4) is 0 Å². The van der Waals surface area contributed by atoms with Gasteiger partial charge in [-0.25, -0.2) is 0 Å². The summed E-state index contributed by atoms with van der Waals surface area (Å²) in [5, 5.41) is 3.51. The Balaban J connectivity index is 1.48.